The topological polar surface area (TPSA) is 68.0 Å². The number of aromatic nitrogens is 5. The van der Waals surface area contributed by atoms with Gasteiger partial charge >= 0.3 is 0 Å². The van der Waals surface area contributed by atoms with Crippen molar-refractivity contribution in [2.24, 2.45) is 0 Å². The predicted octanol–water partition coefficient (Wildman–Crippen LogP) is 2.20. The van der Waals surface area contributed by atoms with Crippen LogP contribution in [0.2, 0.25) is 5.15 Å². The minimum absolute atomic E-state index is 0.441. The summed E-state index contributed by atoms with van der Waals surface area (Å²) in [5.41, 5.74) is 3.77. The second-order valence-electron chi connectivity index (χ2n) is 4.00. The fourth-order valence-corrected chi connectivity index (χ4v) is 2.53. The van der Waals surface area contributed by atoms with E-state index in [0.717, 1.165) is 30.0 Å². The van der Waals surface area contributed by atoms with Gasteiger partial charge in [-0.1, -0.05) is 11.6 Å². The molecule has 0 aromatic carbocycles. The minimum atomic E-state index is 0.441. The van der Waals surface area contributed by atoms with Crippen molar-refractivity contribution in [3.05, 3.63) is 33.6 Å². The predicted molar refractivity (Wildman–Crippen MR) is 74.8 cm³/mol. The first kappa shape index (κ1) is 12.3. The molecule has 0 saturated carbocycles. The highest BCUT2D eigenvalue weighted by Crippen LogP contribution is 2.21. The lowest BCUT2D eigenvalue weighted by Gasteiger charge is -2.11. The lowest BCUT2D eigenvalue weighted by Crippen LogP contribution is -2.12. The fourth-order valence-electron chi connectivity index (χ4n) is 1.78. The van der Waals surface area contributed by atoms with Crippen LogP contribution < -0.4 is 5.32 Å². The number of hydrogen-bond donors (Lipinski definition) is 1. The van der Waals surface area contributed by atoms with Crippen molar-refractivity contribution in [3.63, 3.8) is 0 Å². The van der Waals surface area contributed by atoms with Gasteiger partial charge in [0.05, 0.1) is 11.2 Å². The molecule has 98 valence electrons. The van der Waals surface area contributed by atoms with Crippen LogP contribution in [0.3, 0.4) is 0 Å². The second-order valence-corrected chi connectivity index (χ2v) is 5.08. The summed E-state index contributed by atoms with van der Waals surface area (Å²) in [6.07, 6.45) is 2.31. The van der Waals surface area contributed by atoms with Crippen LogP contribution in [-0.4, -0.2) is 31.1 Å². The maximum atomic E-state index is 6.09. The Bertz CT molecular complexity index is 693. The molecule has 0 aliphatic carbocycles. The van der Waals surface area contributed by atoms with E-state index in [9.17, 15) is 0 Å². The van der Waals surface area contributed by atoms with Crippen molar-refractivity contribution in [2.45, 2.75) is 13.3 Å². The third-order valence-corrected chi connectivity index (χ3v) is 3.76. The van der Waals surface area contributed by atoms with Crippen LogP contribution in [0.1, 0.15) is 11.3 Å². The van der Waals surface area contributed by atoms with Crippen LogP contribution in [0.25, 0.3) is 5.78 Å². The van der Waals surface area contributed by atoms with Gasteiger partial charge in [0.1, 0.15) is 17.3 Å². The first-order chi connectivity index (χ1) is 9.25. The molecule has 0 aliphatic heterocycles. The molecule has 0 aliphatic rings. The number of anilines is 1. The van der Waals surface area contributed by atoms with Crippen molar-refractivity contribution < 1.29 is 0 Å². The minimum Gasteiger partial charge on any atom is -0.369 e. The van der Waals surface area contributed by atoms with Crippen LogP contribution in [0.15, 0.2) is 17.2 Å². The molecule has 3 rings (SSSR count). The van der Waals surface area contributed by atoms with Gasteiger partial charge in [0.2, 0.25) is 0 Å². The molecule has 0 saturated heterocycles. The summed E-state index contributed by atoms with van der Waals surface area (Å²) in [6.45, 7) is 2.65. The van der Waals surface area contributed by atoms with Crippen LogP contribution >= 0.6 is 22.9 Å². The smallest absolute Gasteiger partial charge is 0.255 e. The maximum Gasteiger partial charge on any atom is 0.255 e. The number of rotatable bonds is 4. The van der Waals surface area contributed by atoms with Crippen molar-refractivity contribution in [1.29, 1.82) is 0 Å². The Morgan fingerprint density at radius 3 is 3.11 bits per heavy atom. The molecule has 0 unspecified atom stereocenters. The third-order valence-electron chi connectivity index (χ3n) is 2.76. The fraction of sp³-hybridized carbons (Fsp3) is 0.273. The Labute approximate surface area is 118 Å². The number of nitrogens with zero attached hydrogens (tertiary/aromatic N) is 5. The van der Waals surface area contributed by atoms with Gasteiger partial charge in [0, 0.05) is 23.9 Å². The first-order valence-electron chi connectivity index (χ1n) is 5.72. The van der Waals surface area contributed by atoms with Gasteiger partial charge in [0.15, 0.2) is 0 Å². The van der Waals surface area contributed by atoms with E-state index in [4.69, 9.17) is 11.6 Å². The van der Waals surface area contributed by atoms with Gasteiger partial charge in [-0.05, 0) is 6.92 Å². The maximum absolute atomic E-state index is 6.09. The average Bonchev–Trinajstić information content (AvgIpc) is 3.04. The SMILES string of the molecule is Cc1c(Cl)nc2ncnn2c1NCCc1cscn1. The Balaban J connectivity index is 1.83. The van der Waals surface area contributed by atoms with Gasteiger partial charge in [-0.2, -0.15) is 19.6 Å². The van der Waals surface area contributed by atoms with Gasteiger partial charge in [0.25, 0.3) is 5.78 Å². The summed E-state index contributed by atoms with van der Waals surface area (Å²) in [5, 5.41) is 9.95. The van der Waals surface area contributed by atoms with E-state index < -0.39 is 0 Å². The highest BCUT2D eigenvalue weighted by atomic mass is 35.5. The standard InChI is InChI=1S/C11H11ClN6S/c1-7-9(12)17-11-14-5-16-18(11)10(7)13-3-2-8-4-19-6-15-8/h4-6,13H,2-3H2,1H3. The molecule has 0 radical (unpaired) electrons. The molecule has 8 heteroatoms. The normalized spacial score (nSPS) is 11.1. The molecule has 1 N–H and O–H groups in total. The lowest BCUT2D eigenvalue weighted by atomic mass is 10.3. The van der Waals surface area contributed by atoms with E-state index in [0.29, 0.717) is 10.9 Å². The van der Waals surface area contributed by atoms with Crippen LogP contribution in [0.5, 0.6) is 0 Å². The molecular formula is C11H11ClN6S. The van der Waals surface area contributed by atoms with E-state index in [-0.39, 0.29) is 0 Å². The average molecular weight is 295 g/mol. The van der Waals surface area contributed by atoms with Gasteiger partial charge in [-0.25, -0.2) is 4.98 Å². The van der Waals surface area contributed by atoms with E-state index in [1.807, 2.05) is 17.8 Å². The molecule has 3 heterocycles. The zero-order valence-corrected chi connectivity index (χ0v) is 11.7. The summed E-state index contributed by atoms with van der Waals surface area (Å²) in [4.78, 5) is 12.4. The summed E-state index contributed by atoms with van der Waals surface area (Å²) >= 11 is 7.68. The van der Waals surface area contributed by atoms with E-state index in [2.05, 4.69) is 25.4 Å². The van der Waals surface area contributed by atoms with Gasteiger partial charge < -0.3 is 5.32 Å². The molecule has 0 amide bonds. The number of thiazole rings is 1. The van der Waals surface area contributed by atoms with E-state index >= 15 is 0 Å². The van der Waals surface area contributed by atoms with E-state index in [1.165, 1.54) is 6.33 Å². The van der Waals surface area contributed by atoms with Crippen LogP contribution in [-0.2, 0) is 6.42 Å². The third kappa shape index (κ3) is 2.39. The largest absolute Gasteiger partial charge is 0.369 e. The van der Waals surface area contributed by atoms with Crippen molar-refractivity contribution >= 4 is 34.5 Å². The number of halogens is 1. The molecule has 19 heavy (non-hydrogen) atoms. The van der Waals surface area contributed by atoms with Crippen molar-refractivity contribution in [2.75, 3.05) is 11.9 Å². The van der Waals surface area contributed by atoms with E-state index in [1.54, 1.807) is 15.9 Å². The Hall–Kier alpha value is -1.73. The zero-order valence-electron chi connectivity index (χ0n) is 10.2. The van der Waals surface area contributed by atoms with Crippen LogP contribution in [0, 0.1) is 6.92 Å². The molecule has 0 fully saturated rings. The highest BCUT2D eigenvalue weighted by Gasteiger charge is 2.11. The summed E-state index contributed by atoms with van der Waals surface area (Å²) in [6, 6.07) is 0. The first-order valence-corrected chi connectivity index (χ1v) is 7.04. The highest BCUT2D eigenvalue weighted by molar-refractivity contribution is 7.07. The zero-order chi connectivity index (χ0) is 13.2. The summed E-state index contributed by atoms with van der Waals surface area (Å²) < 4.78 is 1.66. The second kappa shape index (κ2) is 5.10. The van der Waals surface area contributed by atoms with Gasteiger partial charge in [-0.3, -0.25) is 0 Å². The Morgan fingerprint density at radius 2 is 2.32 bits per heavy atom. The molecule has 3 aromatic heterocycles. The lowest BCUT2D eigenvalue weighted by molar-refractivity contribution is 0.896. The molecule has 0 bridgehead atoms. The summed E-state index contributed by atoms with van der Waals surface area (Å²) in [5.74, 6) is 1.31. The van der Waals surface area contributed by atoms with Crippen LogP contribution in [0.4, 0.5) is 5.82 Å². The molecular weight excluding hydrogens is 284 g/mol. The quantitative estimate of drug-likeness (QED) is 0.747. The number of hydrogen-bond acceptors (Lipinski definition) is 6. The Kier molecular flexibility index (Phi) is 3.31. The van der Waals surface area contributed by atoms with Crippen molar-refractivity contribution in [3.8, 4) is 0 Å². The number of nitrogens with one attached hydrogen (secondary N) is 1. The van der Waals surface area contributed by atoms with Crippen molar-refractivity contribution in [1.82, 2.24) is 24.6 Å². The molecule has 0 spiro atoms. The van der Waals surface area contributed by atoms with Gasteiger partial charge in [-0.15, -0.1) is 11.3 Å². The summed E-state index contributed by atoms with van der Waals surface area (Å²) in [7, 11) is 0. The Morgan fingerprint density at radius 1 is 1.42 bits per heavy atom. The molecule has 3 aromatic rings. The molecule has 6 nitrogen and oxygen atoms in total. The molecule has 0 atom stereocenters. The monoisotopic (exact) mass is 294 g/mol. The number of fused-ring (bicyclic) bond motifs is 1.